The first-order valence-electron chi connectivity index (χ1n) is 7.77. The minimum Gasteiger partial charge on any atom is -0.327 e. The Balaban J connectivity index is 2.51. The van der Waals surface area contributed by atoms with Crippen molar-refractivity contribution in [1.29, 1.82) is 0 Å². The number of sulfone groups is 1. The van der Waals surface area contributed by atoms with E-state index in [1.54, 1.807) is 6.92 Å². The molecule has 0 spiro atoms. The third-order valence-corrected chi connectivity index (χ3v) is 6.40. The maximum Gasteiger partial charge on any atom is 0.150 e. The minimum absolute atomic E-state index is 0.171. The van der Waals surface area contributed by atoms with E-state index in [2.05, 4.69) is 13.8 Å². The molecule has 1 saturated carbocycles. The van der Waals surface area contributed by atoms with E-state index in [9.17, 15) is 8.42 Å². The van der Waals surface area contributed by atoms with Gasteiger partial charge in [0.25, 0.3) is 0 Å². The Morgan fingerprint density at radius 2 is 1.79 bits per heavy atom. The highest BCUT2D eigenvalue weighted by Gasteiger charge is 2.39. The molecule has 4 heteroatoms. The van der Waals surface area contributed by atoms with Crippen molar-refractivity contribution in [2.24, 2.45) is 17.1 Å². The Morgan fingerprint density at radius 3 is 2.26 bits per heavy atom. The van der Waals surface area contributed by atoms with Crippen LogP contribution < -0.4 is 5.73 Å². The molecule has 1 unspecified atom stereocenters. The zero-order valence-electron chi connectivity index (χ0n) is 12.8. The van der Waals surface area contributed by atoms with Gasteiger partial charge in [0.2, 0.25) is 0 Å². The van der Waals surface area contributed by atoms with E-state index in [4.69, 9.17) is 5.73 Å². The van der Waals surface area contributed by atoms with Crippen molar-refractivity contribution in [2.75, 3.05) is 11.5 Å². The molecule has 1 rings (SSSR count). The number of hydrogen-bond donors (Lipinski definition) is 1. The van der Waals surface area contributed by atoms with Gasteiger partial charge in [0.05, 0.1) is 5.75 Å². The maximum absolute atomic E-state index is 11.5. The van der Waals surface area contributed by atoms with Crippen LogP contribution in [0.25, 0.3) is 0 Å². The smallest absolute Gasteiger partial charge is 0.150 e. The molecule has 0 aromatic heterocycles. The van der Waals surface area contributed by atoms with Gasteiger partial charge in [0.1, 0.15) is 9.84 Å². The van der Waals surface area contributed by atoms with Crippen LogP contribution in [0.2, 0.25) is 0 Å². The molecule has 19 heavy (non-hydrogen) atoms. The topological polar surface area (TPSA) is 60.2 Å². The highest BCUT2D eigenvalue weighted by Crippen LogP contribution is 2.46. The van der Waals surface area contributed by atoms with E-state index in [1.807, 2.05) is 0 Å². The van der Waals surface area contributed by atoms with Crippen LogP contribution >= 0.6 is 0 Å². The average molecular weight is 289 g/mol. The van der Waals surface area contributed by atoms with Crippen molar-refractivity contribution < 1.29 is 8.42 Å². The molecule has 114 valence electrons. The van der Waals surface area contributed by atoms with Crippen molar-refractivity contribution in [2.45, 2.75) is 71.8 Å². The molecule has 2 N–H and O–H groups in total. The van der Waals surface area contributed by atoms with Crippen molar-refractivity contribution in [3.63, 3.8) is 0 Å². The largest absolute Gasteiger partial charge is 0.327 e. The summed E-state index contributed by atoms with van der Waals surface area (Å²) in [5.74, 6) is 1.22. The summed E-state index contributed by atoms with van der Waals surface area (Å²) in [7, 11) is -2.84. The van der Waals surface area contributed by atoms with Gasteiger partial charge in [-0.3, -0.25) is 0 Å². The van der Waals surface area contributed by atoms with Crippen molar-refractivity contribution >= 4 is 9.84 Å². The second-order valence-electron chi connectivity index (χ2n) is 6.65. The predicted molar refractivity (Wildman–Crippen MR) is 81.9 cm³/mol. The standard InChI is InChI=1S/C15H31NO2S/c1-4-19(17,18)11-7-8-14(16)15(12-13(2)3)9-5-6-10-15/h13-14H,4-12,16H2,1-3H3. The van der Waals surface area contributed by atoms with Gasteiger partial charge in [0, 0.05) is 11.8 Å². The van der Waals surface area contributed by atoms with Gasteiger partial charge in [-0.05, 0) is 43.4 Å². The van der Waals surface area contributed by atoms with E-state index in [1.165, 1.54) is 32.1 Å². The highest BCUT2D eigenvalue weighted by atomic mass is 32.2. The van der Waals surface area contributed by atoms with Crippen LogP contribution in [0.5, 0.6) is 0 Å². The second kappa shape index (κ2) is 7.07. The molecule has 0 amide bonds. The zero-order chi connectivity index (χ0) is 14.5. The Bertz CT molecular complexity index is 356. The lowest BCUT2D eigenvalue weighted by Crippen LogP contribution is -2.41. The van der Waals surface area contributed by atoms with E-state index in [-0.39, 0.29) is 17.2 Å². The average Bonchev–Trinajstić information content (AvgIpc) is 2.77. The molecular weight excluding hydrogens is 258 g/mol. The summed E-state index contributed by atoms with van der Waals surface area (Å²) in [6, 6.07) is 0.171. The van der Waals surface area contributed by atoms with Crippen LogP contribution in [0.1, 0.15) is 65.7 Å². The fourth-order valence-electron chi connectivity index (χ4n) is 3.59. The Morgan fingerprint density at radius 1 is 1.21 bits per heavy atom. The summed E-state index contributed by atoms with van der Waals surface area (Å²) in [6.07, 6.45) is 7.79. The van der Waals surface area contributed by atoms with E-state index in [0.29, 0.717) is 11.7 Å². The molecule has 0 saturated heterocycles. The third kappa shape index (κ3) is 5.07. The molecule has 0 radical (unpaired) electrons. The lowest BCUT2D eigenvalue weighted by Gasteiger charge is -2.37. The molecule has 1 fully saturated rings. The SMILES string of the molecule is CCS(=O)(=O)CCCC(N)C1(CC(C)C)CCCC1. The van der Waals surface area contributed by atoms with Gasteiger partial charge in [0.15, 0.2) is 0 Å². The molecule has 0 aromatic carbocycles. The van der Waals surface area contributed by atoms with Gasteiger partial charge >= 0.3 is 0 Å². The molecule has 1 atom stereocenters. The van der Waals surface area contributed by atoms with E-state index < -0.39 is 9.84 Å². The van der Waals surface area contributed by atoms with Gasteiger partial charge in [-0.15, -0.1) is 0 Å². The zero-order valence-corrected chi connectivity index (χ0v) is 13.6. The summed E-state index contributed by atoms with van der Waals surface area (Å²) in [5.41, 5.74) is 6.72. The summed E-state index contributed by atoms with van der Waals surface area (Å²) in [6.45, 7) is 6.23. The molecule has 1 aliphatic carbocycles. The fraction of sp³-hybridized carbons (Fsp3) is 1.00. The van der Waals surface area contributed by atoms with E-state index in [0.717, 1.165) is 12.8 Å². The first-order valence-corrected chi connectivity index (χ1v) is 9.59. The fourth-order valence-corrected chi connectivity index (χ4v) is 4.49. The number of nitrogens with two attached hydrogens (primary N) is 1. The summed E-state index contributed by atoms with van der Waals surface area (Å²) in [5, 5.41) is 0. The molecule has 3 nitrogen and oxygen atoms in total. The van der Waals surface area contributed by atoms with Crippen LogP contribution in [0.3, 0.4) is 0 Å². The Hall–Kier alpha value is -0.0900. The molecule has 0 aromatic rings. The van der Waals surface area contributed by atoms with Crippen LogP contribution in [0, 0.1) is 11.3 Å². The van der Waals surface area contributed by atoms with Crippen molar-refractivity contribution in [3.05, 3.63) is 0 Å². The lowest BCUT2D eigenvalue weighted by atomic mass is 9.71. The van der Waals surface area contributed by atoms with Crippen LogP contribution in [-0.4, -0.2) is 26.0 Å². The summed E-state index contributed by atoms with van der Waals surface area (Å²) < 4.78 is 23.0. The van der Waals surface area contributed by atoms with Gasteiger partial charge in [-0.25, -0.2) is 8.42 Å². The highest BCUT2D eigenvalue weighted by molar-refractivity contribution is 7.91. The second-order valence-corrected chi connectivity index (χ2v) is 9.13. The van der Waals surface area contributed by atoms with Gasteiger partial charge in [-0.1, -0.05) is 33.6 Å². The number of hydrogen-bond acceptors (Lipinski definition) is 3. The molecule has 0 heterocycles. The van der Waals surface area contributed by atoms with Crippen LogP contribution in [-0.2, 0) is 9.84 Å². The first-order chi connectivity index (χ1) is 8.81. The molecule has 1 aliphatic rings. The first kappa shape index (κ1) is 17.0. The van der Waals surface area contributed by atoms with Crippen LogP contribution in [0.4, 0.5) is 0 Å². The maximum atomic E-state index is 11.5. The monoisotopic (exact) mass is 289 g/mol. The summed E-state index contributed by atoms with van der Waals surface area (Å²) in [4.78, 5) is 0. The quantitative estimate of drug-likeness (QED) is 0.747. The van der Waals surface area contributed by atoms with Gasteiger partial charge < -0.3 is 5.73 Å². The van der Waals surface area contributed by atoms with E-state index >= 15 is 0 Å². The third-order valence-electron chi connectivity index (χ3n) is 4.61. The summed E-state index contributed by atoms with van der Waals surface area (Å²) >= 11 is 0. The van der Waals surface area contributed by atoms with Crippen molar-refractivity contribution in [1.82, 2.24) is 0 Å². The molecule has 0 aliphatic heterocycles. The molecule has 0 bridgehead atoms. The lowest BCUT2D eigenvalue weighted by molar-refractivity contribution is 0.175. The van der Waals surface area contributed by atoms with Crippen LogP contribution in [0.15, 0.2) is 0 Å². The normalized spacial score (nSPS) is 20.9. The van der Waals surface area contributed by atoms with Gasteiger partial charge in [-0.2, -0.15) is 0 Å². The predicted octanol–water partition coefficient (Wildman–Crippen LogP) is 3.14. The van der Waals surface area contributed by atoms with Crippen molar-refractivity contribution in [3.8, 4) is 0 Å². The minimum atomic E-state index is -2.84. The Labute approximate surface area is 119 Å². The Kier molecular flexibility index (Phi) is 6.31. The molecular formula is C15H31NO2S. The number of rotatable bonds is 8.